The number of amides is 2. The van der Waals surface area contributed by atoms with Crippen LogP contribution in [0.2, 0.25) is 0 Å². The molecule has 1 aromatic rings. The average molecular weight is 244 g/mol. The predicted octanol–water partition coefficient (Wildman–Crippen LogP) is 2.18. The molecule has 18 heavy (non-hydrogen) atoms. The number of carbonyl (C=O) groups excluding carboxylic acids is 2. The van der Waals surface area contributed by atoms with E-state index in [1.807, 2.05) is 25.1 Å². The molecular formula is C14H16N2O2. The third-order valence-corrected chi connectivity index (χ3v) is 2.93. The van der Waals surface area contributed by atoms with Crippen LogP contribution in [-0.4, -0.2) is 18.4 Å². The van der Waals surface area contributed by atoms with Crippen LogP contribution in [0.5, 0.6) is 0 Å². The fourth-order valence-corrected chi connectivity index (χ4v) is 1.97. The van der Waals surface area contributed by atoms with Gasteiger partial charge in [-0.15, -0.1) is 0 Å². The molecule has 1 atom stereocenters. The van der Waals surface area contributed by atoms with Gasteiger partial charge in [0.05, 0.1) is 17.3 Å². The van der Waals surface area contributed by atoms with Gasteiger partial charge in [-0.3, -0.25) is 9.59 Å². The number of carbonyl (C=O) groups is 2. The van der Waals surface area contributed by atoms with Crippen molar-refractivity contribution in [1.29, 1.82) is 0 Å². The van der Waals surface area contributed by atoms with Crippen molar-refractivity contribution in [2.24, 2.45) is 5.92 Å². The molecule has 1 aromatic carbocycles. The maximum Gasteiger partial charge on any atom is 0.250 e. The molecule has 0 aromatic heterocycles. The molecule has 0 saturated heterocycles. The van der Waals surface area contributed by atoms with E-state index in [1.165, 1.54) is 6.08 Å². The predicted molar refractivity (Wildman–Crippen MR) is 71.4 cm³/mol. The first-order valence-electron chi connectivity index (χ1n) is 5.97. The molecule has 0 fully saturated rings. The topological polar surface area (TPSA) is 49.4 Å². The lowest BCUT2D eigenvalue weighted by Crippen LogP contribution is -2.34. The number of hydrogen-bond donors (Lipinski definition) is 1. The number of allylic oxidation sites excluding steroid dienone is 1. The molecule has 94 valence electrons. The number of nitrogens with one attached hydrogen (secondary N) is 1. The third-order valence-electron chi connectivity index (χ3n) is 2.93. The Morgan fingerprint density at radius 3 is 2.89 bits per heavy atom. The second kappa shape index (κ2) is 5.04. The van der Waals surface area contributed by atoms with Gasteiger partial charge in [0.2, 0.25) is 5.91 Å². The van der Waals surface area contributed by atoms with Crippen LogP contribution in [0.4, 0.5) is 11.4 Å². The quantitative estimate of drug-likeness (QED) is 0.770. The molecule has 0 bridgehead atoms. The molecule has 0 spiro atoms. The Morgan fingerprint density at radius 2 is 2.17 bits per heavy atom. The maximum absolute atomic E-state index is 12.1. The van der Waals surface area contributed by atoms with Crippen LogP contribution in [0.15, 0.2) is 36.4 Å². The largest absolute Gasteiger partial charge is 0.324 e. The number of anilines is 2. The van der Waals surface area contributed by atoms with Crippen molar-refractivity contribution >= 4 is 23.2 Å². The first kappa shape index (κ1) is 12.4. The molecule has 4 heteroatoms. The lowest BCUT2D eigenvalue weighted by Gasteiger charge is -2.21. The standard InChI is InChI=1S/C14H16N2O2/c1-3-6-13(17)16-9-10(2)14(18)15-11-7-4-5-8-12(11)16/h3-8,10H,9H2,1-2H3,(H,15,18)/b6-3-. The van der Waals surface area contributed by atoms with Crippen LogP contribution in [0.3, 0.4) is 0 Å². The van der Waals surface area contributed by atoms with E-state index >= 15 is 0 Å². The monoisotopic (exact) mass is 244 g/mol. The highest BCUT2D eigenvalue weighted by Crippen LogP contribution is 2.29. The third kappa shape index (κ3) is 2.27. The van der Waals surface area contributed by atoms with E-state index in [-0.39, 0.29) is 17.7 Å². The Bertz CT molecular complexity index is 508. The van der Waals surface area contributed by atoms with Crippen molar-refractivity contribution in [3.8, 4) is 0 Å². The Labute approximate surface area is 106 Å². The minimum absolute atomic E-state index is 0.0572. The zero-order valence-electron chi connectivity index (χ0n) is 10.5. The molecule has 2 amide bonds. The van der Waals surface area contributed by atoms with Crippen LogP contribution in [0, 0.1) is 5.92 Å². The summed E-state index contributed by atoms with van der Waals surface area (Å²) >= 11 is 0. The molecule has 1 aliphatic rings. The first-order valence-corrected chi connectivity index (χ1v) is 5.97. The highest BCUT2D eigenvalue weighted by Gasteiger charge is 2.27. The summed E-state index contributed by atoms with van der Waals surface area (Å²) in [5, 5.41) is 2.84. The maximum atomic E-state index is 12.1. The molecule has 0 aliphatic carbocycles. The number of hydrogen-bond acceptors (Lipinski definition) is 2. The molecule has 1 heterocycles. The average Bonchev–Trinajstić information content (AvgIpc) is 2.48. The molecular weight excluding hydrogens is 228 g/mol. The van der Waals surface area contributed by atoms with Gasteiger partial charge in [-0.25, -0.2) is 0 Å². The number of para-hydroxylation sites is 2. The number of rotatable bonds is 1. The van der Waals surface area contributed by atoms with Crippen molar-refractivity contribution in [3.05, 3.63) is 36.4 Å². The van der Waals surface area contributed by atoms with E-state index in [2.05, 4.69) is 5.32 Å². The summed E-state index contributed by atoms with van der Waals surface area (Å²) in [5.74, 6) is -0.391. The molecule has 2 rings (SSSR count). The minimum atomic E-state index is -0.230. The summed E-state index contributed by atoms with van der Waals surface area (Å²) in [6.45, 7) is 4.01. The van der Waals surface area contributed by atoms with Gasteiger partial charge in [0.15, 0.2) is 0 Å². The lowest BCUT2D eigenvalue weighted by molar-refractivity contribution is -0.119. The number of benzene rings is 1. The van der Waals surface area contributed by atoms with Crippen LogP contribution >= 0.6 is 0 Å². The summed E-state index contributed by atoms with van der Waals surface area (Å²) in [6, 6.07) is 7.35. The highest BCUT2D eigenvalue weighted by molar-refractivity contribution is 6.08. The Hall–Kier alpha value is -2.10. The Kier molecular flexibility index (Phi) is 3.46. The van der Waals surface area contributed by atoms with Crippen molar-refractivity contribution < 1.29 is 9.59 Å². The van der Waals surface area contributed by atoms with Gasteiger partial charge < -0.3 is 10.2 Å². The zero-order valence-corrected chi connectivity index (χ0v) is 10.5. The molecule has 0 saturated carbocycles. The Balaban J connectivity index is 2.45. The molecule has 1 unspecified atom stereocenters. The fourth-order valence-electron chi connectivity index (χ4n) is 1.97. The van der Waals surface area contributed by atoms with E-state index in [4.69, 9.17) is 0 Å². The van der Waals surface area contributed by atoms with Crippen LogP contribution in [-0.2, 0) is 9.59 Å². The SMILES string of the molecule is C/C=C\C(=O)N1CC(C)C(=O)Nc2ccccc21. The van der Waals surface area contributed by atoms with E-state index in [9.17, 15) is 9.59 Å². The van der Waals surface area contributed by atoms with Gasteiger partial charge in [-0.05, 0) is 25.1 Å². The highest BCUT2D eigenvalue weighted by atomic mass is 16.2. The van der Waals surface area contributed by atoms with E-state index < -0.39 is 0 Å². The Morgan fingerprint density at radius 1 is 1.44 bits per heavy atom. The second-order valence-corrected chi connectivity index (χ2v) is 4.36. The van der Waals surface area contributed by atoms with Gasteiger partial charge in [-0.2, -0.15) is 0 Å². The molecule has 4 nitrogen and oxygen atoms in total. The minimum Gasteiger partial charge on any atom is -0.324 e. The van der Waals surface area contributed by atoms with Gasteiger partial charge in [0.1, 0.15) is 0 Å². The van der Waals surface area contributed by atoms with E-state index in [1.54, 1.807) is 24.0 Å². The summed E-state index contributed by atoms with van der Waals surface area (Å²) in [5.41, 5.74) is 1.43. The normalized spacial score (nSPS) is 19.3. The smallest absolute Gasteiger partial charge is 0.250 e. The van der Waals surface area contributed by atoms with E-state index in [0.29, 0.717) is 12.2 Å². The number of fused-ring (bicyclic) bond motifs is 1. The first-order chi connectivity index (χ1) is 8.63. The van der Waals surface area contributed by atoms with Gasteiger partial charge in [0.25, 0.3) is 5.91 Å². The van der Waals surface area contributed by atoms with Crippen molar-refractivity contribution in [2.75, 3.05) is 16.8 Å². The summed E-state index contributed by atoms with van der Waals surface area (Å²) in [6.07, 6.45) is 3.22. The summed E-state index contributed by atoms with van der Waals surface area (Å²) < 4.78 is 0. The molecule has 0 radical (unpaired) electrons. The van der Waals surface area contributed by atoms with Crippen molar-refractivity contribution in [3.63, 3.8) is 0 Å². The van der Waals surface area contributed by atoms with Crippen molar-refractivity contribution in [1.82, 2.24) is 0 Å². The van der Waals surface area contributed by atoms with E-state index in [0.717, 1.165) is 5.69 Å². The van der Waals surface area contributed by atoms with Gasteiger partial charge in [0, 0.05) is 6.54 Å². The summed E-state index contributed by atoms with van der Waals surface area (Å²) in [4.78, 5) is 25.5. The van der Waals surface area contributed by atoms with Crippen LogP contribution in [0.1, 0.15) is 13.8 Å². The second-order valence-electron chi connectivity index (χ2n) is 4.36. The van der Waals surface area contributed by atoms with Crippen molar-refractivity contribution in [2.45, 2.75) is 13.8 Å². The fraction of sp³-hybridized carbons (Fsp3) is 0.286. The molecule has 1 aliphatic heterocycles. The summed E-state index contributed by atoms with van der Waals surface area (Å²) in [7, 11) is 0. The lowest BCUT2D eigenvalue weighted by atomic mass is 10.1. The molecule has 1 N–H and O–H groups in total. The van der Waals surface area contributed by atoms with Crippen LogP contribution in [0.25, 0.3) is 0 Å². The van der Waals surface area contributed by atoms with Crippen LogP contribution < -0.4 is 10.2 Å². The van der Waals surface area contributed by atoms with Gasteiger partial charge in [-0.1, -0.05) is 25.1 Å². The number of nitrogens with zero attached hydrogens (tertiary/aromatic N) is 1. The van der Waals surface area contributed by atoms with Gasteiger partial charge >= 0.3 is 0 Å². The zero-order chi connectivity index (χ0) is 13.1.